The minimum atomic E-state index is -0.274. The number of aliphatic imine (C=N–C) groups is 2. The largest absolute Gasteiger partial charge is 0.344 e. The first-order chi connectivity index (χ1) is 28.2. The number of rotatable bonds is 5. The summed E-state index contributed by atoms with van der Waals surface area (Å²) >= 11 is 3.73. The Bertz CT molecular complexity index is 3390. The molecular weight excluding hydrogens is 733 g/mol. The van der Waals surface area contributed by atoms with E-state index in [1.54, 1.807) is 0 Å². The Labute approximate surface area is 336 Å². The zero-order valence-electron chi connectivity index (χ0n) is 30.6. The van der Waals surface area contributed by atoms with E-state index in [4.69, 9.17) is 9.98 Å². The van der Waals surface area contributed by atoms with Gasteiger partial charge in [0.05, 0.1) is 11.0 Å². The van der Waals surface area contributed by atoms with Crippen molar-refractivity contribution in [1.29, 1.82) is 0 Å². The van der Waals surface area contributed by atoms with E-state index in [2.05, 4.69) is 155 Å². The highest BCUT2D eigenvalue weighted by atomic mass is 32.1. The van der Waals surface area contributed by atoms with E-state index in [1.165, 1.54) is 79.0 Å². The molecule has 1 atom stereocenters. The Morgan fingerprint density at radius 2 is 1.12 bits per heavy atom. The summed E-state index contributed by atoms with van der Waals surface area (Å²) in [5.41, 5.74) is 9.28. The number of hydrogen-bond acceptors (Lipinski definition) is 5. The monoisotopic (exact) mass is 764 g/mol. The summed E-state index contributed by atoms with van der Waals surface area (Å²) in [7, 11) is 0. The van der Waals surface area contributed by atoms with Crippen LogP contribution in [0.1, 0.15) is 22.9 Å². The highest BCUT2D eigenvalue weighted by molar-refractivity contribution is 7.26. The maximum Gasteiger partial charge on any atom is 0.159 e. The third-order valence-corrected chi connectivity index (χ3v) is 13.6. The van der Waals surface area contributed by atoms with Crippen LogP contribution in [0.2, 0.25) is 0 Å². The first kappa shape index (κ1) is 32.4. The minimum absolute atomic E-state index is 0.274. The highest BCUT2D eigenvalue weighted by Gasteiger charge is 2.22. The Kier molecular flexibility index (Phi) is 7.30. The fourth-order valence-electron chi connectivity index (χ4n) is 8.56. The van der Waals surface area contributed by atoms with Crippen molar-refractivity contribution < 1.29 is 0 Å². The Hall–Kier alpha value is -6.86. The van der Waals surface area contributed by atoms with Gasteiger partial charge in [-0.25, -0.2) is 9.98 Å². The average molecular weight is 765 g/mol. The van der Waals surface area contributed by atoms with Crippen molar-refractivity contribution in [3.8, 4) is 16.8 Å². The van der Waals surface area contributed by atoms with Crippen molar-refractivity contribution in [3.05, 3.63) is 199 Å². The second-order valence-electron chi connectivity index (χ2n) is 14.6. The van der Waals surface area contributed by atoms with Gasteiger partial charge in [0.2, 0.25) is 0 Å². The van der Waals surface area contributed by atoms with Crippen LogP contribution in [0.3, 0.4) is 0 Å². The van der Waals surface area contributed by atoms with Crippen LogP contribution < -0.4 is 5.32 Å². The summed E-state index contributed by atoms with van der Waals surface area (Å²) in [5, 5.41) is 11.3. The standard InChI is InChI=1S/C51H32N4S2/c1-3-12-31(13-4-1)49-52-50(32-14-5-2-6-15-32)54-51(53-49)34-22-25-39-40-19-11-18-36(48(40)57-47(39)29-34)33-23-26-45-41(28-33)42-30-35(24-27-46(42)56-45)55-43-20-9-7-16-37(43)38-17-8-10-21-44(38)55/h1-30,51H,(H,52,53,54). The molecule has 0 amide bonds. The Morgan fingerprint density at radius 3 is 1.89 bits per heavy atom. The molecule has 0 radical (unpaired) electrons. The van der Waals surface area contributed by atoms with Gasteiger partial charge in [0.15, 0.2) is 5.84 Å². The quantitative estimate of drug-likeness (QED) is 0.186. The van der Waals surface area contributed by atoms with Crippen LogP contribution in [0.4, 0.5) is 0 Å². The van der Waals surface area contributed by atoms with Crippen LogP contribution >= 0.6 is 22.7 Å². The lowest BCUT2D eigenvalue weighted by atomic mass is 10.00. The lowest BCUT2D eigenvalue weighted by molar-refractivity contribution is 0.675. The van der Waals surface area contributed by atoms with E-state index in [0.717, 1.165) is 28.4 Å². The molecule has 268 valence electrons. The Morgan fingerprint density at radius 1 is 0.456 bits per heavy atom. The lowest BCUT2D eigenvalue weighted by Crippen LogP contribution is -2.33. The van der Waals surface area contributed by atoms with Gasteiger partial charge < -0.3 is 9.88 Å². The average Bonchev–Trinajstić information content (AvgIpc) is 3.95. The van der Waals surface area contributed by atoms with Crippen molar-refractivity contribution in [2.45, 2.75) is 6.17 Å². The van der Waals surface area contributed by atoms with Gasteiger partial charge in [-0.1, -0.05) is 133 Å². The number of nitrogens with one attached hydrogen (secondary N) is 1. The summed E-state index contributed by atoms with van der Waals surface area (Å²) in [6.07, 6.45) is -0.274. The summed E-state index contributed by atoms with van der Waals surface area (Å²) in [5.74, 6) is 1.56. The van der Waals surface area contributed by atoms with Gasteiger partial charge in [-0.2, -0.15) is 0 Å². The molecule has 3 aromatic heterocycles. The van der Waals surface area contributed by atoms with Gasteiger partial charge in [-0.05, 0) is 65.2 Å². The van der Waals surface area contributed by atoms with Crippen molar-refractivity contribution in [1.82, 2.24) is 9.88 Å². The first-order valence-corrected chi connectivity index (χ1v) is 20.8. The Balaban J connectivity index is 0.959. The second kappa shape index (κ2) is 12.8. The zero-order chi connectivity index (χ0) is 37.5. The van der Waals surface area contributed by atoms with Crippen LogP contribution in [0.5, 0.6) is 0 Å². The van der Waals surface area contributed by atoms with Crippen molar-refractivity contribution >= 4 is 96.5 Å². The SMILES string of the molecule is c1ccc(C2=NC(c3ccc4c(c3)sc3c(-c5ccc6sc7ccc(-n8c9ccccc9c9ccccc98)cc7c6c5)cccc34)NC(c3ccccc3)=N2)cc1. The molecule has 1 aliphatic heterocycles. The molecule has 0 saturated carbocycles. The normalized spacial score (nSPS) is 14.5. The number of benzene rings is 8. The number of aromatic nitrogens is 1. The number of nitrogens with zero attached hydrogens (tertiary/aromatic N) is 3. The van der Waals surface area contributed by atoms with Gasteiger partial charge in [0.1, 0.15) is 12.0 Å². The molecule has 57 heavy (non-hydrogen) atoms. The molecule has 1 N–H and O–H groups in total. The van der Waals surface area contributed by atoms with Gasteiger partial charge >= 0.3 is 0 Å². The summed E-state index contributed by atoms with van der Waals surface area (Å²) < 4.78 is 7.56. The first-order valence-electron chi connectivity index (χ1n) is 19.2. The fourth-order valence-corrected chi connectivity index (χ4v) is 10.9. The van der Waals surface area contributed by atoms with Crippen LogP contribution in [0.25, 0.3) is 79.0 Å². The molecule has 1 unspecified atom stereocenters. The molecule has 6 heteroatoms. The lowest BCUT2D eigenvalue weighted by Gasteiger charge is -2.23. The summed E-state index contributed by atoms with van der Waals surface area (Å²) in [6.45, 7) is 0. The molecular formula is C51H32N4S2. The van der Waals surface area contributed by atoms with Gasteiger partial charge in [0, 0.05) is 67.9 Å². The van der Waals surface area contributed by atoms with Crippen molar-refractivity contribution in [2.24, 2.45) is 9.98 Å². The zero-order valence-corrected chi connectivity index (χ0v) is 32.2. The van der Waals surface area contributed by atoms with E-state index in [0.29, 0.717) is 0 Å². The van der Waals surface area contributed by atoms with Crippen LogP contribution in [0.15, 0.2) is 192 Å². The van der Waals surface area contributed by atoms with Gasteiger partial charge in [0.25, 0.3) is 0 Å². The second-order valence-corrected chi connectivity index (χ2v) is 16.7. The summed E-state index contributed by atoms with van der Waals surface area (Å²) in [6, 6.07) is 65.5. The third-order valence-electron chi connectivity index (χ3n) is 11.3. The topological polar surface area (TPSA) is 41.7 Å². The number of para-hydroxylation sites is 2. The summed E-state index contributed by atoms with van der Waals surface area (Å²) in [4.78, 5) is 10.1. The van der Waals surface area contributed by atoms with E-state index in [1.807, 2.05) is 59.1 Å². The van der Waals surface area contributed by atoms with Crippen molar-refractivity contribution in [3.63, 3.8) is 0 Å². The van der Waals surface area contributed by atoms with E-state index in [9.17, 15) is 0 Å². The van der Waals surface area contributed by atoms with Gasteiger partial charge in [-0.15, -0.1) is 22.7 Å². The molecule has 4 nitrogen and oxygen atoms in total. The molecule has 0 saturated heterocycles. The van der Waals surface area contributed by atoms with E-state index < -0.39 is 0 Å². The molecule has 0 fully saturated rings. The number of hydrogen-bond donors (Lipinski definition) is 1. The molecule has 0 bridgehead atoms. The molecule has 0 spiro atoms. The molecule has 0 aliphatic carbocycles. The van der Waals surface area contributed by atoms with E-state index >= 15 is 0 Å². The van der Waals surface area contributed by atoms with Gasteiger partial charge in [-0.3, -0.25) is 0 Å². The molecule has 1 aliphatic rings. The number of thiophene rings is 2. The van der Waals surface area contributed by atoms with Crippen LogP contribution in [-0.2, 0) is 0 Å². The third kappa shape index (κ3) is 5.26. The number of amidine groups is 2. The maximum atomic E-state index is 5.15. The maximum absolute atomic E-state index is 5.15. The van der Waals surface area contributed by atoms with E-state index in [-0.39, 0.29) is 6.17 Å². The van der Waals surface area contributed by atoms with Crippen LogP contribution in [-0.4, -0.2) is 16.2 Å². The molecule has 8 aromatic carbocycles. The van der Waals surface area contributed by atoms with Crippen LogP contribution in [0, 0.1) is 0 Å². The fraction of sp³-hybridized carbons (Fsp3) is 0.0196. The molecule has 11 aromatic rings. The molecule has 4 heterocycles. The van der Waals surface area contributed by atoms with Crippen molar-refractivity contribution in [2.75, 3.05) is 0 Å². The minimum Gasteiger partial charge on any atom is -0.344 e. The molecule has 12 rings (SSSR count). The predicted molar refractivity (Wildman–Crippen MR) is 244 cm³/mol. The predicted octanol–water partition coefficient (Wildman–Crippen LogP) is 13.7. The number of fused-ring (bicyclic) bond motifs is 9. The smallest absolute Gasteiger partial charge is 0.159 e. The highest BCUT2D eigenvalue weighted by Crippen LogP contribution is 2.44.